The highest BCUT2D eigenvalue weighted by atomic mass is 79.9. The van der Waals surface area contributed by atoms with E-state index >= 15 is 0 Å². The molecule has 0 aromatic carbocycles. The maximum absolute atomic E-state index is 11.7. The highest BCUT2D eigenvalue weighted by Crippen LogP contribution is 2.26. The molecule has 1 fully saturated rings. The minimum absolute atomic E-state index is 0.0317. The van der Waals surface area contributed by atoms with Crippen LogP contribution in [0.4, 0.5) is 5.82 Å². The lowest BCUT2D eigenvalue weighted by atomic mass is 9.97. The van der Waals surface area contributed by atoms with E-state index in [1.54, 1.807) is 19.3 Å². The lowest BCUT2D eigenvalue weighted by Crippen LogP contribution is -2.42. The van der Waals surface area contributed by atoms with Gasteiger partial charge in [-0.2, -0.15) is 5.26 Å². The molecule has 1 unspecified atom stereocenters. The number of aromatic nitrogens is 1. The van der Waals surface area contributed by atoms with Gasteiger partial charge in [0, 0.05) is 30.8 Å². The Labute approximate surface area is 120 Å². The molecule has 1 aromatic heterocycles. The lowest BCUT2D eigenvalue weighted by molar-refractivity contribution is -0.124. The third-order valence-corrected chi connectivity index (χ3v) is 3.73. The Balaban J connectivity index is 2.22. The van der Waals surface area contributed by atoms with Crippen LogP contribution in [0.1, 0.15) is 18.4 Å². The largest absolute Gasteiger partial charge is 0.359 e. The average molecular weight is 323 g/mol. The van der Waals surface area contributed by atoms with E-state index < -0.39 is 0 Å². The van der Waals surface area contributed by atoms with Gasteiger partial charge in [0.2, 0.25) is 5.91 Å². The molecule has 1 aromatic rings. The monoisotopic (exact) mass is 322 g/mol. The molecule has 5 nitrogen and oxygen atoms in total. The summed E-state index contributed by atoms with van der Waals surface area (Å²) in [4.78, 5) is 18.1. The Morgan fingerprint density at radius 1 is 1.68 bits per heavy atom. The number of carbonyl (C=O) groups is 1. The second-order valence-corrected chi connectivity index (χ2v) is 5.45. The molecule has 2 heterocycles. The third-order valence-electron chi connectivity index (χ3n) is 3.29. The van der Waals surface area contributed by atoms with Crippen molar-refractivity contribution in [3.05, 3.63) is 22.3 Å². The second-order valence-electron chi connectivity index (χ2n) is 4.54. The molecule has 19 heavy (non-hydrogen) atoms. The van der Waals surface area contributed by atoms with Crippen LogP contribution in [0.5, 0.6) is 0 Å². The fourth-order valence-corrected chi connectivity index (χ4v) is 2.69. The van der Waals surface area contributed by atoms with Crippen LogP contribution in [-0.2, 0) is 4.79 Å². The minimum atomic E-state index is -0.0317. The summed E-state index contributed by atoms with van der Waals surface area (Å²) in [6, 6.07) is 3.91. The Morgan fingerprint density at radius 3 is 3.16 bits per heavy atom. The van der Waals surface area contributed by atoms with Crippen molar-refractivity contribution in [2.45, 2.75) is 12.8 Å². The number of amides is 1. The number of piperidine rings is 1. The van der Waals surface area contributed by atoms with E-state index in [2.05, 4.69) is 32.3 Å². The molecule has 0 bridgehead atoms. The number of hydrogen-bond acceptors (Lipinski definition) is 4. The van der Waals surface area contributed by atoms with Crippen LogP contribution in [0.3, 0.4) is 0 Å². The lowest BCUT2D eigenvalue weighted by Gasteiger charge is -2.33. The van der Waals surface area contributed by atoms with E-state index in [0.29, 0.717) is 17.9 Å². The Kier molecular flexibility index (Phi) is 4.38. The van der Waals surface area contributed by atoms with E-state index in [-0.39, 0.29) is 11.8 Å². The van der Waals surface area contributed by atoms with Gasteiger partial charge in [-0.05, 0) is 34.8 Å². The molecule has 2 rings (SSSR count). The molecule has 1 amide bonds. The maximum atomic E-state index is 11.7. The molecule has 1 atom stereocenters. The molecule has 0 aliphatic carbocycles. The van der Waals surface area contributed by atoms with Crippen molar-refractivity contribution in [3.8, 4) is 6.07 Å². The molecular weight excluding hydrogens is 308 g/mol. The summed E-state index contributed by atoms with van der Waals surface area (Å²) in [5, 5.41) is 11.9. The summed E-state index contributed by atoms with van der Waals surface area (Å²) < 4.78 is 0.785. The van der Waals surface area contributed by atoms with Crippen molar-refractivity contribution in [1.82, 2.24) is 10.3 Å². The van der Waals surface area contributed by atoms with Crippen molar-refractivity contribution in [2.24, 2.45) is 5.92 Å². The fourth-order valence-electron chi connectivity index (χ4n) is 2.35. The van der Waals surface area contributed by atoms with E-state index in [0.717, 1.165) is 23.9 Å². The van der Waals surface area contributed by atoms with Crippen LogP contribution >= 0.6 is 15.9 Å². The molecular formula is C13H15BrN4O. The highest BCUT2D eigenvalue weighted by Gasteiger charge is 2.27. The Morgan fingerprint density at radius 2 is 2.47 bits per heavy atom. The zero-order valence-electron chi connectivity index (χ0n) is 10.7. The summed E-state index contributed by atoms with van der Waals surface area (Å²) in [7, 11) is 1.65. The number of nitriles is 1. The summed E-state index contributed by atoms with van der Waals surface area (Å²) in [6.45, 7) is 1.44. The first-order valence-electron chi connectivity index (χ1n) is 6.18. The number of pyridine rings is 1. The van der Waals surface area contributed by atoms with Crippen molar-refractivity contribution in [1.29, 1.82) is 5.26 Å². The average Bonchev–Trinajstić information content (AvgIpc) is 2.46. The van der Waals surface area contributed by atoms with Gasteiger partial charge in [0.15, 0.2) is 0 Å². The molecule has 0 saturated carbocycles. The minimum Gasteiger partial charge on any atom is -0.359 e. The highest BCUT2D eigenvalue weighted by molar-refractivity contribution is 9.10. The topological polar surface area (TPSA) is 69.0 Å². The van der Waals surface area contributed by atoms with Crippen molar-refractivity contribution < 1.29 is 4.79 Å². The van der Waals surface area contributed by atoms with Crippen LogP contribution in [-0.4, -0.2) is 31.0 Å². The standard InChI is InChI=1S/C13H15BrN4O/c1-16-13(19)9-3-2-4-18(8-9)12-10(6-15)5-11(14)7-17-12/h5,7,9H,2-4,8H2,1H3,(H,16,19). The van der Waals surface area contributed by atoms with Crippen LogP contribution in [0.15, 0.2) is 16.7 Å². The second kappa shape index (κ2) is 6.02. The maximum Gasteiger partial charge on any atom is 0.224 e. The summed E-state index contributed by atoms with van der Waals surface area (Å²) in [5.41, 5.74) is 0.534. The third kappa shape index (κ3) is 3.04. The summed E-state index contributed by atoms with van der Waals surface area (Å²) in [6.07, 6.45) is 3.50. The van der Waals surface area contributed by atoms with Crippen LogP contribution in [0.25, 0.3) is 0 Å². The van der Waals surface area contributed by atoms with Crippen LogP contribution in [0.2, 0.25) is 0 Å². The summed E-state index contributed by atoms with van der Waals surface area (Å²) >= 11 is 3.31. The van der Waals surface area contributed by atoms with Gasteiger partial charge in [0.25, 0.3) is 0 Å². The Hall–Kier alpha value is -1.61. The first-order chi connectivity index (χ1) is 9.15. The molecule has 0 radical (unpaired) electrons. The van der Waals surface area contributed by atoms with E-state index in [1.807, 2.05) is 4.90 Å². The molecule has 1 aliphatic rings. The number of rotatable bonds is 2. The number of nitrogens with one attached hydrogen (secondary N) is 1. The van der Waals surface area contributed by atoms with Crippen molar-refractivity contribution in [3.63, 3.8) is 0 Å². The first kappa shape index (κ1) is 13.8. The predicted molar refractivity (Wildman–Crippen MR) is 75.7 cm³/mol. The van der Waals surface area contributed by atoms with Gasteiger partial charge in [0.05, 0.1) is 11.5 Å². The molecule has 1 saturated heterocycles. The van der Waals surface area contributed by atoms with Crippen molar-refractivity contribution in [2.75, 3.05) is 25.0 Å². The molecule has 6 heteroatoms. The van der Waals surface area contributed by atoms with Crippen LogP contribution < -0.4 is 10.2 Å². The zero-order chi connectivity index (χ0) is 13.8. The fraction of sp³-hybridized carbons (Fsp3) is 0.462. The first-order valence-corrected chi connectivity index (χ1v) is 6.97. The van der Waals surface area contributed by atoms with Gasteiger partial charge < -0.3 is 10.2 Å². The van der Waals surface area contributed by atoms with Crippen molar-refractivity contribution >= 4 is 27.7 Å². The van der Waals surface area contributed by atoms with Gasteiger partial charge in [0.1, 0.15) is 11.9 Å². The SMILES string of the molecule is CNC(=O)C1CCCN(c2ncc(Br)cc2C#N)C1. The van der Waals surface area contributed by atoms with Gasteiger partial charge in [-0.1, -0.05) is 0 Å². The number of hydrogen-bond donors (Lipinski definition) is 1. The molecule has 0 spiro atoms. The van der Waals surface area contributed by atoms with E-state index in [1.165, 1.54) is 0 Å². The molecule has 100 valence electrons. The zero-order valence-corrected chi connectivity index (χ0v) is 12.3. The number of carbonyl (C=O) groups excluding carboxylic acids is 1. The normalized spacial score (nSPS) is 18.8. The smallest absolute Gasteiger partial charge is 0.224 e. The van der Waals surface area contributed by atoms with Gasteiger partial charge in [-0.3, -0.25) is 4.79 Å². The number of nitrogens with zero attached hydrogens (tertiary/aromatic N) is 3. The quantitative estimate of drug-likeness (QED) is 0.899. The number of halogens is 1. The summed E-state index contributed by atoms with van der Waals surface area (Å²) in [5.74, 6) is 0.690. The predicted octanol–water partition coefficient (Wildman–Crippen LogP) is 1.68. The van der Waals surface area contributed by atoms with Gasteiger partial charge in [-0.25, -0.2) is 4.98 Å². The van der Waals surface area contributed by atoms with E-state index in [4.69, 9.17) is 0 Å². The molecule has 1 N–H and O–H groups in total. The van der Waals surface area contributed by atoms with Gasteiger partial charge in [-0.15, -0.1) is 0 Å². The number of anilines is 1. The van der Waals surface area contributed by atoms with Gasteiger partial charge >= 0.3 is 0 Å². The van der Waals surface area contributed by atoms with Crippen LogP contribution in [0, 0.1) is 17.2 Å². The van der Waals surface area contributed by atoms with E-state index in [9.17, 15) is 10.1 Å². The molecule has 1 aliphatic heterocycles. The Bertz CT molecular complexity index is 526.